The Balaban J connectivity index is 1.67. The summed E-state index contributed by atoms with van der Waals surface area (Å²) in [6.45, 7) is 3.44. The summed E-state index contributed by atoms with van der Waals surface area (Å²) in [7, 11) is -3.08. The molecule has 8 heteroatoms. The van der Waals surface area contributed by atoms with Crippen LogP contribution in [0.3, 0.4) is 0 Å². The molecule has 1 amide bonds. The second-order valence-electron chi connectivity index (χ2n) is 7.20. The van der Waals surface area contributed by atoms with Gasteiger partial charge in [-0.05, 0) is 39.2 Å². The lowest BCUT2D eigenvalue weighted by atomic mass is 10.1. The summed E-state index contributed by atoms with van der Waals surface area (Å²) in [6.07, 6.45) is 4.33. The van der Waals surface area contributed by atoms with E-state index in [0.29, 0.717) is 12.0 Å². The number of thiophene rings is 1. The van der Waals surface area contributed by atoms with Crippen molar-refractivity contribution in [3.63, 3.8) is 0 Å². The molecule has 1 aromatic heterocycles. The Hall–Kier alpha value is -1.41. The van der Waals surface area contributed by atoms with Gasteiger partial charge in [-0.15, -0.1) is 11.3 Å². The molecular weight excluding hydrogens is 374 g/mol. The molecule has 1 aliphatic carbocycles. The Kier molecular flexibility index (Phi) is 5.72. The van der Waals surface area contributed by atoms with Crippen molar-refractivity contribution in [1.29, 1.82) is 0 Å². The van der Waals surface area contributed by atoms with Crippen LogP contribution < -0.4 is 0 Å². The van der Waals surface area contributed by atoms with Gasteiger partial charge in [0.2, 0.25) is 0 Å². The van der Waals surface area contributed by atoms with E-state index < -0.39 is 15.8 Å². The lowest BCUT2D eigenvalue weighted by Gasteiger charge is -2.33. The van der Waals surface area contributed by atoms with E-state index in [9.17, 15) is 18.0 Å². The average Bonchev–Trinajstić information content (AvgIpc) is 3.27. The Morgan fingerprint density at radius 3 is 2.42 bits per heavy atom. The first-order valence-corrected chi connectivity index (χ1v) is 11.7. The number of sulfone groups is 1. The molecule has 0 aromatic carbocycles. The number of aryl methyl sites for hydroxylation is 2. The van der Waals surface area contributed by atoms with E-state index in [1.54, 1.807) is 11.0 Å². The van der Waals surface area contributed by atoms with Crippen LogP contribution in [-0.4, -0.2) is 55.4 Å². The summed E-state index contributed by atoms with van der Waals surface area (Å²) in [5, 5.41) is 0. The summed E-state index contributed by atoms with van der Waals surface area (Å²) < 4.78 is 29.0. The molecule has 2 fully saturated rings. The van der Waals surface area contributed by atoms with Crippen LogP contribution in [-0.2, 0) is 19.4 Å². The molecule has 144 valence electrons. The normalized spacial score (nSPS) is 22.5. The smallest absolute Gasteiger partial charge is 0.339 e. The predicted molar refractivity (Wildman–Crippen MR) is 100 cm³/mol. The van der Waals surface area contributed by atoms with Crippen molar-refractivity contribution in [1.82, 2.24) is 4.90 Å². The summed E-state index contributed by atoms with van der Waals surface area (Å²) in [5.74, 6) is -0.629. The molecule has 3 rings (SSSR count). The van der Waals surface area contributed by atoms with E-state index in [1.807, 2.05) is 13.8 Å². The number of carbonyl (C=O) groups is 2. The summed E-state index contributed by atoms with van der Waals surface area (Å²) in [6, 6.07) is 1.54. The molecule has 1 saturated carbocycles. The molecule has 26 heavy (non-hydrogen) atoms. The maximum absolute atomic E-state index is 12.8. The van der Waals surface area contributed by atoms with Gasteiger partial charge >= 0.3 is 5.97 Å². The van der Waals surface area contributed by atoms with Crippen LogP contribution in [0.2, 0.25) is 0 Å². The minimum Gasteiger partial charge on any atom is -0.452 e. The fourth-order valence-corrected chi connectivity index (χ4v) is 6.62. The molecule has 1 saturated heterocycles. The molecular formula is C18H25NO5S2. The Morgan fingerprint density at radius 2 is 1.88 bits per heavy atom. The van der Waals surface area contributed by atoms with Crippen molar-refractivity contribution in [2.24, 2.45) is 0 Å². The third kappa shape index (κ3) is 4.28. The second-order valence-corrected chi connectivity index (χ2v) is 10.9. The van der Waals surface area contributed by atoms with E-state index in [1.165, 1.54) is 11.3 Å². The van der Waals surface area contributed by atoms with Gasteiger partial charge in [0.05, 0.1) is 17.1 Å². The zero-order valence-corrected chi connectivity index (χ0v) is 16.8. The fraction of sp³-hybridized carbons (Fsp3) is 0.667. The van der Waals surface area contributed by atoms with Gasteiger partial charge in [0.15, 0.2) is 16.4 Å². The highest BCUT2D eigenvalue weighted by atomic mass is 32.2. The summed E-state index contributed by atoms with van der Waals surface area (Å²) in [4.78, 5) is 28.7. The summed E-state index contributed by atoms with van der Waals surface area (Å²) in [5.41, 5.74) is 0.496. The van der Waals surface area contributed by atoms with Crippen molar-refractivity contribution in [3.05, 3.63) is 21.4 Å². The maximum Gasteiger partial charge on any atom is 0.339 e. The van der Waals surface area contributed by atoms with Crippen molar-refractivity contribution >= 4 is 33.1 Å². The number of ether oxygens (including phenoxy) is 1. The minimum absolute atomic E-state index is 0.0199. The van der Waals surface area contributed by atoms with Crippen LogP contribution in [0.15, 0.2) is 6.07 Å². The van der Waals surface area contributed by atoms with E-state index in [0.717, 1.165) is 35.4 Å². The number of hydrogen-bond acceptors (Lipinski definition) is 6. The SMILES string of the molecule is Cc1cc(C(=O)OCC(=O)N(C2CCCC2)C2CCS(=O)(=O)C2)c(C)s1. The first-order chi connectivity index (χ1) is 12.3. The first kappa shape index (κ1) is 19.4. The van der Waals surface area contributed by atoms with Gasteiger partial charge in [-0.3, -0.25) is 4.79 Å². The topological polar surface area (TPSA) is 80.8 Å². The zero-order valence-electron chi connectivity index (χ0n) is 15.2. The van der Waals surface area contributed by atoms with Crippen LogP contribution >= 0.6 is 11.3 Å². The average molecular weight is 400 g/mol. The molecule has 1 atom stereocenters. The number of carbonyl (C=O) groups excluding carboxylic acids is 2. The number of hydrogen-bond donors (Lipinski definition) is 0. The first-order valence-electron chi connectivity index (χ1n) is 9.02. The number of rotatable bonds is 5. The molecule has 0 radical (unpaired) electrons. The molecule has 1 aliphatic heterocycles. The molecule has 1 unspecified atom stereocenters. The van der Waals surface area contributed by atoms with Gasteiger partial charge in [-0.2, -0.15) is 0 Å². The van der Waals surface area contributed by atoms with E-state index in [4.69, 9.17) is 4.74 Å². The van der Waals surface area contributed by atoms with Gasteiger partial charge < -0.3 is 9.64 Å². The van der Waals surface area contributed by atoms with Crippen LogP contribution in [0.1, 0.15) is 52.2 Å². The number of esters is 1. The lowest BCUT2D eigenvalue weighted by molar-refractivity contribution is -0.139. The Bertz CT molecular complexity index is 793. The largest absolute Gasteiger partial charge is 0.452 e. The minimum atomic E-state index is -3.08. The molecule has 2 aliphatic rings. The van der Waals surface area contributed by atoms with Gasteiger partial charge in [0, 0.05) is 21.8 Å². The number of amides is 1. The predicted octanol–water partition coefficient (Wildman–Crippen LogP) is 2.48. The van der Waals surface area contributed by atoms with Crippen molar-refractivity contribution in [2.45, 2.75) is 58.0 Å². The molecule has 6 nitrogen and oxygen atoms in total. The monoisotopic (exact) mass is 399 g/mol. The van der Waals surface area contributed by atoms with Gasteiger partial charge in [-0.1, -0.05) is 12.8 Å². The standard InChI is InChI=1S/C18H25NO5S2/c1-12-9-16(13(2)25-12)18(21)24-10-17(20)19(14-5-3-4-6-14)15-7-8-26(22,23)11-15/h9,14-15H,3-8,10-11H2,1-2H3. The molecule has 1 aromatic rings. The third-order valence-corrected chi connectivity index (χ3v) is 7.91. The van der Waals surface area contributed by atoms with Crippen LogP contribution in [0.25, 0.3) is 0 Å². The van der Waals surface area contributed by atoms with Crippen molar-refractivity contribution in [3.8, 4) is 0 Å². The van der Waals surface area contributed by atoms with Crippen molar-refractivity contribution < 1.29 is 22.7 Å². The van der Waals surface area contributed by atoms with Gasteiger partial charge in [0.1, 0.15) is 0 Å². The van der Waals surface area contributed by atoms with E-state index in [-0.39, 0.29) is 36.1 Å². The Morgan fingerprint density at radius 1 is 1.19 bits per heavy atom. The highest BCUT2D eigenvalue weighted by Crippen LogP contribution is 2.29. The Labute approximate surface area is 158 Å². The van der Waals surface area contributed by atoms with Gasteiger partial charge in [-0.25, -0.2) is 13.2 Å². The van der Waals surface area contributed by atoms with E-state index in [2.05, 4.69) is 0 Å². The van der Waals surface area contributed by atoms with Gasteiger partial charge in [0.25, 0.3) is 5.91 Å². The molecule has 0 N–H and O–H groups in total. The maximum atomic E-state index is 12.8. The van der Waals surface area contributed by atoms with Crippen molar-refractivity contribution in [2.75, 3.05) is 18.1 Å². The number of nitrogens with zero attached hydrogens (tertiary/aromatic N) is 1. The summed E-state index contributed by atoms with van der Waals surface area (Å²) >= 11 is 1.52. The van der Waals surface area contributed by atoms with Crippen LogP contribution in [0.5, 0.6) is 0 Å². The second kappa shape index (κ2) is 7.68. The highest BCUT2D eigenvalue weighted by Gasteiger charge is 2.39. The lowest BCUT2D eigenvalue weighted by Crippen LogP contribution is -2.48. The van der Waals surface area contributed by atoms with Crippen LogP contribution in [0, 0.1) is 13.8 Å². The fourth-order valence-electron chi connectivity index (χ4n) is 4.00. The zero-order chi connectivity index (χ0) is 18.9. The van der Waals surface area contributed by atoms with E-state index >= 15 is 0 Å². The molecule has 0 spiro atoms. The molecule has 2 heterocycles. The highest BCUT2D eigenvalue weighted by molar-refractivity contribution is 7.91. The quantitative estimate of drug-likeness (QED) is 0.711. The molecule has 0 bridgehead atoms. The van der Waals surface area contributed by atoms with Crippen LogP contribution in [0.4, 0.5) is 0 Å². The third-order valence-electron chi connectivity index (χ3n) is 5.20.